The van der Waals surface area contributed by atoms with E-state index in [2.05, 4.69) is 19.2 Å². The zero-order valence-corrected chi connectivity index (χ0v) is 13.8. The third-order valence-electron chi connectivity index (χ3n) is 5.07. The molecule has 1 aliphatic carbocycles. The summed E-state index contributed by atoms with van der Waals surface area (Å²) < 4.78 is 11.5. The lowest BCUT2D eigenvalue weighted by atomic mass is 9.85. The molecule has 0 bridgehead atoms. The van der Waals surface area contributed by atoms with Crippen molar-refractivity contribution in [2.75, 3.05) is 26.4 Å². The molecular formula is C17H33NO3. The maximum Gasteiger partial charge on any atom is 0.0898 e. The van der Waals surface area contributed by atoms with E-state index in [0.717, 1.165) is 32.5 Å². The van der Waals surface area contributed by atoms with Crippen molar-refractivity contribution in [3.05, 3.63) is 0 Å². The number of hydrogen-bond acceptors (Lipinski definition) is 4. The van der Waals surface area contributed by atoms with Gasteiger partial charge < -0.3 is 19.9 Å². The minimum atomic E-state index is -0.428. The van der Waals surface area contributed by atoms with E-state index in [1.807, 2.05) is 0 Å². The van der Waals surface area contributed by atoms with Crippen molar-refractivity contribution < 1.29 is 14.6 Å². The lowest BCUT2D eigenvalue weighted by molar-refractivity contribution is -0.0536. The second kappa shape index (κ2) is 8.47. The van der Waals surface area contributed by atoms with Crippen LogP contribution in [-0.2, 0) is 9.47 Å². The van der Waals surface area contributed by atoms with Gasteiger partial charge in [0.2, 0.25) is 0 Å². The van der Waals surface area contributed by atoms with Crippen molar-refractivity contribution >= 4 is 0 Å². The minimum absolute atomic E-state index is 0.00994. The topological polar surface area (TPSA) is 50.7 Å². The molecule has 2 fully saturated rings. The summed E-state index contributed by atoms with van der Waals surface area (Å²) >= 11 is 0. The molecule has 21 heavy (non-hydrogen) atoms. The van der Waals surface area contributed by atoms with E-state index in [4.69, 9.17) is 9.47 Å². The van der Waals surface area contributed by atoms with E-state index in [1.165, 1.54) is 25.7 Å². The first-order valence-corrected chi connectivity index (χ1v) is 8.75. The highest BCUT2D eigenvalue weighted by Crippen LogP contribution is 2.29. The summed E-state index contributed by atoms with van der Waals surface area (Å²) in [6.45, 7) is 7.06. The van der Waals surface area contributed by atoms with Gasteiger partial charge in [-0.25, -0.2) is 0 Å². The Bertz CT molecular complexity index is 292. The zero-order chi connectivity index (χ0) is 15.1. The van der Waals surface area contributed by atoms with Crippen LogP contribution in [0.1, 0.15) is 58.8 Å². The predicted molar refractivity (Wildman–Crippen MR) is 84.5 cm³/mol. The summed E-state index contributed by atoms with van der Waals surface area (Å²) in [5, 5.41) is 13.6. The molecule has 4 atom stereocenters. The van der Waals surface area contributed by atoms with E-state index < -0.39 is 6.10 Å². The van der Waals surface area contributed by atoms with Crippen LogP contribution in [0.3, 0.4) is 0 Å². The molecule has 124 valence electrons. The van der Waals surface area contributed by atoms with Crippen LogP contribution in [0.5, 0.6) is 0 Å². The molecule has 0 aromatic heterocycles. The number of aliphatic hydroxyl groups is 1. The molecule has 0 amide bonds. The Kier molecular flexibility index (Phi) is 6.93. The first kappa shape index (κ1) is 17.2. The molecule has 2 N–H and O–H groups in total. The van der Waals surface area contributed by atoms with Crippen LogP contribution in [-0.4, -0.2) is 49.2 Å². The summed E-state index contributed by atoms with van der Waals surface area (Å²) in [5.74, 6) is 0.683. The second-order valence-electron chi connectivity index (χ2n) is 7.08. The summed E-state index contributed by atoms with van der Waals surface area (Å²) in [7, 11) is 0. The molecule has 0 aromatic rings. The highest BCUT2D eigenvalue weighted by Gasteiger charge is 2.28. The molecule has 2 aliphatic rings. The first-order valence-electron chi connectivity index (χ1n) is 8.75. The van der Waals surface area contributed by atoms with Gasteiger partial charge in [-0.3, -0.25) is 0 Å². The van der Waals surface area contributed by atoms with Crippen molar-refractivity contribution in [1.29, 1.82) is 0 Å². The van der Waals surface area contributed by atoms with E-state index in [-0.39, 0.29) is 5.54 Å². The van der Waals surface area contributed by atoms with Crippen LogP contribution < -0.4 is 5.32 Å². The van der Waals surface area contributed by atoms with Crippen LogP contribution in [0, 0.1) is 5.92 Å². The highest BCUT2D eigenvalue weighted by molar-refractivity contribution is 4.86. The Balaban J connectivity index is 1.65. The summed E-state index contributed by atoms with van der Waals surface area (Å²) in [6.07, 6.45) is 8.36. The van der Waals surface area contributed by atoms with E-state index in [1.54, 1.807) is 0 Å². The molecule has 1 saturated heterocycles. The number of nitrogens with one attached hydrogen (secondary N) is 1. The Hall–Kier alpha value is -0.160. The van der Waals surface area contributed by atoms with Crippen molar-refractivity contribution in [3.63, 3.8) is 0 Å². The predicted octanol–water partition coefficient (Wildman–Crippen LogP) is 2.49. The molecule has 1 aliphatic heterocycles. The Labute approximate surface area is 129 Å². The van der Waals surface area contributed by atoms with E-state index >= 15 is 0 Å². The summed E-state index contributed by atoms with van der Waals surface area (Å²) in [6, 6.07) is 0. The van der Waals surface area contributed by atoms with Crippen LogP contribution in [0.4, 0.5) is 0 Å². The summed E-state index contributed by atoms with van der Waals surface area (Å²) in [4.78, 5) is 0. The monoisotopic (exact) mass is 299 g/mol. The lowest BCUT2D eigenvalue weighted by Crippen LogP contribution is -2.52. The second-order valence-corrected chi connectivity index (χ2v) is 7.08. The fraction of sp³-hybridized carbons (Fsp3) is 1.00. The molecule has 0 spiro atoms. The largest absolute Gasteiger partial charge is 0.389 e. The Morgan fingerprint density at radius 1 is 1.33 bits per heavy atom. The molecular weight excluding hydrogens is 266 g/mol. The van der Waals surface area contributed by atoms with Gasteiger partial charge >= 0.3 is 0 Å². The number of β-amino-alcohol motifs (C(OH)–C–C–N with tert-alkyl or cyclic N) is 1. The van der Waals surface area contributed by atoms with Gasteiger partial charge in [-0.05, 0) is 38.5 Å². The van der Waals surface area contributed by atoms with Gasteiger partial charge in [-0.1, -0.05) is 26.2 Å². The maximum absolute atomic E-state index is 10.2. The minimum Gasteiger partial charge on any atom is -0.389 e. The number of ether oxygens (including phenoxy) is 2. The van der Waals surface area contributed by atoms with Crippen LogP contribution in [0.15, 0.2) is 0 Å². The summed E-state index contributed by atoms with van der Waals surface area (Å²) in [5.41, 5.74) is 0.00994. The van der Waals surface area contributed by atoms with E-state index in [0.29, 0.717) is 25.2 Å². The Morgan fingerprint density at radius 3 is 2.86 bits per heavy atom. The fourth-order valence-corrected chi connectivity index (χ4v) is 3.59. The number of hydrogen-bond donors (Lipinski definition) is 2. The standard InChI is InChI=1S/C17H33NO3/c1-3-14-7-4-5-8-16(14)21-12-15(19)11-18-17(2)9-6-10-20-13-17/h14-16,18-19H,3-13H2,1-2H3. The normalized spacial score (nSPS) is 35.6. The van der Waals surface area contributed by atoms with Gasteiger partial charge in [0, 0.05) is 18.7 Å². The van der Waals surface area contributed by atoms with Crippen LogP contribution in [0.25, 0.3) is 0 Å². The maximum atomic E-state index is 10.2. The lowest BCUT2D eigenvalue weighted by Gasteiger charge is -2.35. The number of rotatable bonds is 7. The fourth-order valence-electron chi connectivity index (χ4n) is 3.59. The van der Waals surface area contributed by atoms with Gasteiger partial charge in [0.15, 0.2) is 0 Å². The average molecular weight is 299 g/mol. The van der Waals surface area contributed by atoms with Crippen molar-refractivity contribution in [2.24, 2.45) is 5.92 Å². The number of aliphatic hydroxyl groups excluding tert-OH is 1. The third-order valence-corrected chi connectivity index (χ3v) is 5.07. The first-order chi connectivity index (χ1) is 10.1. The zero-order valence-electron chi connectivity index (χ0n) is 13.8. The molecule has 4 unspecified atom stereocenters. The molecule has 4 heteroatoms. The van der Waals surface area contributed by atoms with Gasteiger partial charge in [-0.15, -0.1) is 0 Å². The van der Waals surface area contributed by atoms with E-state index in [9.17, 15) is 5.11 Å². The quantitative estimate of drug-likeness (QED) is 0.758. The third kappa shape index (κ3) is 5.51. The van der Waals surface area contributed by atoms with Crippen molar-refractivity contribution in [2.45, 2.75) is 76.5 Å². The van der Waals surface area contributed by atoms with Gasteiger partial charge in [0.1, 0.15) is 0 Å². The highest BCUT2D eigenvalue weighted by atomic mass is 16.5. The van der Waals surface area contributed by atoms with Crippen LogP contribution >= 0.6 is 0 Å². The average Bonchev–Trinajstić information content (AvgIpc) is 2.52. The molecule has 1 saturated carbocycles. The van der Waals surface area contributed by atoms with Crippen molar-refractivity contribution in [3.8, 4) is 0 Å². The van der Waals surface area contributed by atoms with Gasteiger partial charge in [-0.2, -0.15) is 0 Å². The van der Waals surface area contributed by atoms with Gasteiger partial charge in [0.05, 0.1) is 25.4 Å². The molecule has 2 rings (SSSR count). The Morgan fingerprint density at radius 2 is 2.14 bits per heavy atom. The molecule has 1 heterocycles. The molecule has 0 aromatic carbocycles. The van der Waals surface area contributed by atoms with Crippen molar-refractivity contribution in [1.82, 2.24) is 5.32 Å². The van der Waals surface area contributed by atoms with Gasteiger partial charge in [0.25, 0.3) is 0 Å². The van der Waals surface area contributed by atoms with Crippen LogP contribution in [0.2, 0.25) is 0 Å². The SMILES string of the molecule is CCC1CCCCC1OCC(O)CNC1(C)CCCOC1. The molecule has 0 radical (unpaired) electrons. The molecule has 4 nitrogen and oxygen atoms in total. The smallest absolute Gasteiger partial charge is 0.0898 e.